The van der Waals surface area contributed by atoms with Crippen molar-refractivity contribution in [2.75, 3.05) is 12.8 Å². The molecule has 118 valence electrons. The average Bonchev–Trinajstić information content (AvgIpc) is 2.44. The number of carbonyl (C=O) groups excluding carboxylic acids is 1. The van der Waals surface area contributed by atoms with Gasteiger partial charge >= 0.3 is 0 Å². The Balaban J connectivity index is 3.48. The van der Waals surface area contributed by atoms with Crippen LogP contribution in [-0.2, 0) is 4.79 Å². The molecule has 1 atom stereocenters. The highest BCUT2D eigenvalue weighted by Crippen LogP contribution is 2.16. The minimum absolute atomic E-state index is 0.0210. The van der Waals surface area contributed by atoms with Crippen LogP contribution in [0.25, 0.3) is 0 Å². The summed E-state index contributed by atoms with van der Waals surface area (Å²) in [5.41, 5.74) is 0. The van der Waals surface area contributed by atoms with Crippen LogP contribution in [0.3, 0.4) is 0 Å². The SMILES string of the molecule is CCCCCCCCCCSC(C)C(=O)N(C)C=NO. The largest absolute Gasteiger partial charge is 0.410 e. The maximum absolute atomic E-state index is 11.8. The topological polar surface area (TPSA) is 52.9 Å². The van der Waals surface area contributed by atoms with Gasteiger partial charge < -0.3 is 10.1 Å². The molecular formula is C15H30N2O2S. The van der Waals surface area contributed by atoms with E-state index in [-0.39, 0.29) is 11.2 Å². The van der Waals surface area contributed by atoms with Crippen LogP contribution in [0.15, 0.2) is 5.16 Å². The maximum Gasteiger partial charge on any atom is 0.240 e. The van der Waals surface area contributed by atoms with Gasteiger partial charge in [0.05, 0.1) is 5.25 Å². The van der Waals surface area contributed by atoms with E-state index < -0.39 is 0 Å². The fourth-order valence-corrected chi connectivity index (χ4v) is 3.02. The lowest BCUT2D eigenvalue weighted by Gasteiger charge is -2.16. The molecule has 1 N–H and O–H groups in total. The van der Waals surface area contributed by atoms with E-state index in [1.54, 1.807) is 18.8 Å². The van der Waals surface area contributed by atoms with Crippen molar-refractivity contribution in [1.29, 1.82) is 0 Å². The van der Waals surface area contributed by atoms with Crippen molar-refractivity contribution in [3.8, 4) is 0 Å². The first-order valence-electron chi connectivity index (χ1n) is 7.69. The zero-order chi connectivity index (χ0) is 15.2. The van der Waals surface area contributed by atoms with E-state index in [4.69, 9.17) is 5.21 Å². The van der Waals surface area contributed by atoms with Gasteiger partial charge in [-0.15, -0.1) is 11.8 Å². The van der Waals surface area contributed by atoms with E-state index in [1.165, 1.54) is 56.3 Å². The monoisotopic (exact) mass is 302 g/mol. The molecule has 0 fully saturated rings. The number of rotatable bonds is 12. The van der Waals surface area contributed by atoms with Crippen molar-refractivity contribution < 1.29 is 10.0 Å². The highest BCUT2D eigenvalue weighted by Gasteiger charge is 2.16. The number of hydrogen-bond donors (Lipinski definition) is 1. The number of thioether (sulfide) groups is 1. The normalized spacial score (nSPS) is 12.8. The molecule has 0 aliphatic rings. The van der Waals surface area contributed by atoms with Gasteiger partial charge in [-0.1, -0.05) is 57.0 Å². The predicted octanol–water partition coefficient (Wildman–Crippen LogP) is 4.12. The Kier molecular flexibility index (Phi) is 12.8. The van der Waals surface area contributed by atoms with E-state index in [0.717, 1.165) is 12.1 Å². The van der Waals surface area contributed by atoms with Gasteiger partial charge in [-0.25, -0.2) is 0 Å². The molecule has 0 saturated heterocycles. The Labute approximate surface area is 128 Å². The van der Waals surface area contributed by atoms with Crippen LogP contribution in [-0.4, -0.2) is 40.4 Å². The van der Waals surface area contributed by atoms with Gasteiger partial charge in [0, 0.05) is 7.05 Å². The van der Waals surface area contributed by atoms with Crippen LogP contribution in [0.1, 0.15) is 65.2 Å². The molecule has 0 saturated carbocycles. The third kappa shape index (κ3) is 10.1. The van der Waals surface area contributed by atoms with Gasteiger partial charge in [0.2, 0.25) is 5.91 Å². The molecule has 0 heterocycles. The first-order chi connectivity index (χ1) is 9.63. The lowest BCUT2D eigenvalue weighted by molar-refractivity contribution is -0.125. The van der Waals surface area contributed by atoms with Gasteiger partial charge in [-0.2, -0.15) is 0 Å². The molecule has 0 radical (unpaired) electrons. The van der Waals surface area contributed by atoms with Gasteiger partial charge in [0.25, 0.3) is 0 Å². The number of hydrogen-bond acceptors (Lipinski definition) is 4. The summed E-state index contributed by atoms with van der Waals surface area (Å²) in [5.74, 6) is 0.999. The van der Waals surface area contributed by atoms with Crippen LogP contribution in [0.5, 0.6) is 0 Å². The van der Waals surface area contributed by atoms with Crippen LogP contribution in [0.2, 0.25) is 0 Å². The summed E-state index contributed by atoms with van der Waals surface area (Å²) in [6.45, 7) is 4.14. The molecule has 5 heteroatoms. The molecule has 0 rings (SSSR count). The summed E-state index contributed by atoms with van der Waals surface area (Å²) >= 11 is 1.68. The Morgan fingerprint density at radius 2 is 1.75 bits per heavy atom. The number of oxime groups is 1. The van der Waals surface area contributed by atoms with Gasteiger partial charge in [-0.05, 0) is 19.1 Å². The van der Waals surface area contributed by atoms with Gasteiger partial charge in [0.1, 0.15) is 6.34 Å². The molecule has 20 heavy (non-hydrogen) atoms. The fourth-order valence-electron chi connectivity index (χ4n) is 1.99. The molecule has 0 aromatic rings. The summed E-state index contributed by atoms with van der Waals surface area (Å²) < 4.78 is 0. The highest BCUT2D eigenvalue weighted by atomic mass is 32.2. The molecular weight excluding hydrogens is 272 g/mol. The third-order valence-electron chi connectivity index (χ3n) is 3.29. The Bertz CT molecular complexity index is 273. The average molecular weight is 302 g/mol. The Hall–Kier alpha value is -0.710. The van der Waals surface area contributed by atoms with Crippen molar-refractivity contribution in [3.05, 3.63) is 0 Å². The molecule has 0 aliphatic heterocycles. The molecule has 0 aromatic carbocycles. The van der Waals surface area contributed by atoms with E-state index in [2.05, 4.69) is 12.1 Å². The van der Waals surface area contributed by atoms with Crippen LogP contribution < -0.4 is 0 Å². The third-order valence-corrected chi connectivity index (χ3v) is 4.51. The van der Waals surface area contributed by atoms with Crippen LogP contribution >= 0.6 is 11.8 Å². The first kappa shape index (κ1) is 19.3. The summed E-state index contributed by atoms with van der Waals surface area (Å²) in [6.07, 6.45) is 11.6. The molecule has 0 aliphatic carbocycles. The van der Waals surface area contributed by atoms with Crippen LogP contribution in [0.4, 0.5) is 0 Å². The van der Waals surface area contributed by atoms with Crippen molar-refractivity contribution >= 4 is 24.0 Å². The first-order valence-corrected chi connectivity index (χ1v) is 8.74. The van der Waals surface area contributed by atoms with Gasteiger partial charge in [0.15, 0.2) is 0 Å². The summed E-state index contributed by atoms with van der Waals surface area (Å²) in [5, 5.41) is 11.2. The van der Waals surface area contributed by atoms with E-state index in [0.29, 0.717) is 0 Å². The van der Waals surface area contributed by atoms with Gasteiger partial charge in [-0.3, -0.25) is 4.79 Å². The summed E-state index contributed by atoms with van der Waals surface area (Å²) in [6, 6.07) is 0. The molecule has 1 unspecified atom stereocenters. The number of unbranched alkanes of at least 4 members (excludes halogenated alkanes) is 7. The summed E-state index contributed by atoms with van der Waals surface area (Å²) in [7, 11) is 1.61. The second kappa shape index (κ2) is 13.3. The minimum atomic E-state index is -0.0810. The molecule has 0 aromatic heterocycles. The highest BCUT2D eigenvalue weighted by molar-refractivity contribution is 8.00. The van der Waals surface area contributed by atoms with Crippen molar-refractivity contribution in [2.24, 2.45) is 5.16 Å². The minimum Gasteiger partial charge on any atom is -0.410 e. The number of amides is 1. The van der Waals surface area contributed by atoms with Crippen molar-refractivity contribution in [3.63, 3.8) is 0 Å². The molecule has 1 amide bonds. The van der Waals surface area contributed by atoms with E-state index in [1.807, 2.05) is 6.92 Å². The number of nitrogens with zero attached hydrogens (tertiary/aromatic N) is 2. The van der Waals surface area contributed by atoms with E-state index >= 15 is 0 Å². The lowest BCUT2D eigenvalue weighted by atomic mass is 10.1. The van der Waals surface area contributed by atoms with E-state index in [9.17, 15) is 4.79 Å². The second-order valence-corrected chi connectivity index (χ2v) is 6.62. The molecule has 0 bridgehead atoms. The number of carbonyl (C=O) groups is 1. The predicted molar refractivity (Wildman–Crippen MR) is 87.6 cm³/mol. The summed E-state index contributed by atoms with van der Waals surface area (Å²) in [4.78, 5) is 13.1. The Morgan fingerprint density at radius 1 is 1.20 bits per heavy atom. The van der Waals surface area contributed by atoms with Crippen LogP contribution in [0, 0.1) is 0 Å². The molecule has 0 spiro atoms. The zero-order valence-electron chi connectivity index (χ0n) is 13.2. The fraction of sp³-hybridized carbons (Fsp3) is 0.867. The standard InChI is InChI=1S/C15H30N2O2S/c1-4-5-6-7-8-9-10-11-12-20-14(2)15(18)17(3)13-16-19/h13-14,19H,4-12H2,1-3H3. The second-order valence-electron chi connectivity index (χ2n) is 5.17. The van der Waals surface area contributed by atoms with Crippen molar-refractivity contribution in [1.82, 2.24) is 4.90 Å². The quantitative estimate of drug-likeness (QED) is 0.194. The lowest BCUT2D eigenvalue weighted by Crippen LogP contribution is -2.32. The molecule has 4 nitrogen and oxygen atoms in total. The van der Waals surface area contributed by atoms with Crippen molar-refractivity contribution in [2.45, 2.75) is 70.5 Å². The zero-order valence-corrected chi connectivity index (χ0v) is 14.0. The Morgan fingerprint density at radius 3 is 2.30 bits per heavy atom. The smallest absolute Gasteiger partial charge is 0.240 e. The maximum atomic E-state index is 11.8.